The Balaban J connectivity index is 2.07. The van der Waals surface area contributed by atoms with E-state index in [1.54, 1.807) is 0 Å². The highest BCUT2D eigenvalue weighted by atomic mass is 14.9. The van der Waals surface area contributed by atoms with Gasteiger partial charge in [0.2, 0.25) is 0 Å². The van der Waals surface area contributed by atoms with Crippen LogP contribution >= 0.6 is 0 Å². The molecule has 0 saturated carbocycles. The van der Waals surface area contributed by atoms with Crippen LogP contribution in [0.1, 0.15) is 32.3 Å². The summed E-state index contributed by atoms with van der Waals surface area (Å²) in [4.78, 5) is 0. The molecule has 1 saturated heterocycles. The van der Waals surface area contributed by atoms with Crippen molar-refractivity contribution in [3.8, 4) is 0 Å². The lowest BCUT2D eigenvalue weighted by Crippen LogP contribution is -2.44. The molecule has 2 unspecified atom stereocenters. The predicted molar refractivity (Wildman–Crippen MR) is 69.5 cm³/mol. The van der Waals surface area contributed by atoms with Crippen molar-refractivity contribution in [1.29, 1.82) is 0 Å². The minimum Gasteiger partial charge on any atom is -0.316 e. The van der Waals surface area contributed by atoms with E-state index in [1.165, 1.54) is 37.9 Å². The first kappa shape index (κ1) is 11.7. The van der Waals surface area contributed by atoms with Gasteiger partial charge in [0, 0.05) is 0 Å². The fraction of sp³-hybridized carbons (Fsp3) is 0.600. The molecule has 1 fully saturated rings. The molecular formula is C15H23N. The molecule has 0 spiro atoms. The molecule has 2 atom stereocenters. The van der Waals surface area contributed by atoms with Gasteiger partial charge in [-0.3, -0.25) is 0 Å². The monoisotopic (exact) mass is 217 g/mol. The van der Waals surface area contributed by atoms with Crippen molar-refractivity contribution in [2.75, 3.05) is 13.1 Å². The minimum atomic E-state index is 0.529. The van der Waals surface area contributed by atoms with Gasteiger partial charge in [0.25, 0.3) is 0 Å². The summed E-state index contributed by atoms with van der Waals surface area (Å²) in [5, 5.41) is 3.54. The van der Waals surface area contributed by atoms with Gasteiger partial charge in [-0.2, -0.15) is 0 Å². The van der Waals surface area contributed by atoms with Crippen LogP contribution in [-0.2, 0) is 6.42 Å². The van der Waals surface area contributed by atoms with E-state index in [4.69, 9.17) is 0 Å². The number of hydrogen-bond donors (Lipinski definition) is 1. The fourth-order valence-corrected chi connectivity index (χ4v) is 2.78. The third-order valence-corrected chi connectivity index (χ3v) is 4.38. The third-order valence-electron chi connectivity index (χ3n) is 4.38. The van der Waals surface area contributed by atoms with E-state index in [2.05, 4.69) is 49.5 Å². The molecule has 0 radical (unpaired) electrons. The van der Waals surface area contributed by atoms with Gasteiger partial charge in [0.05, 0.1) is 0 Å². The zero-order valence-electron chi connectivity index (χ0n) is 10.5. The molecule has 1 aliphatic rings. The quantitative estimate of drug-likeness (QED) is 0.819. The van der Waals surface area contributed by atoms with Crippen molar-refractivity contribution in [1.82, 2.24) is 5.32 Å². The molecule has 0 amide bonds. The normalized spacial score (nSPS) is 30.2. The number of rotatable bonds is 3. The second-order valence-electron chi connectivity index (χ2n) is 5.35. The molecule has 1 heterocycles. The second-order valence-corrected chi connectivity index (χ2v) is 5.35. The first-order valence-corrected chi connectivity index (χ1v) is 6.49. The van der Waals surface area contributed by atoms with Crippen molar-refractivity contribution in [3.05, 3.63) is 35.9 Å². The van der Waals surface area contributed by atoms with Crippen LogP contribution in [-0.4, -0.2) is 13.1 Å². The minimum absolute atomic E-state index is 0.529. The van der Waals surface area contributed by atoms with Gasteiger partial charge < -0.3 is 5.32 Å². The molecule has 1 heteroatoms. The van der Waals surface area contributed by atoms with Gasteiger partial charge in [0.15, 0.2) is 0 Å². The van der Waals surface area contributed by atoms with E-state index in [0.717, 1.165) is 5.92 Å². The zero-order valence-corrected chi connectivity index (χ0v) is 10.5. The van der Waals surface area contributed by atoms with Gasteiger partial charge in [-0.05, 0) is 42.8 Å². The standard InChI is InChI=1S/C15H23N/c1-3-15(2)9-10-16-12-14(15)11-13-7-5-4-6-8-13/h4-8,14,16H,3,9-12H2,1-2H3. The smallest absolute Gasteiger partial charge is 0.00121 e. The van der Waals surface area contributed by atoms with E-state index < -0.39 is 0 Å². The van der Waals surface area contributed by atoms with Gasteiger partial charge in [-0.1, -0.05) is 50.6 Å². The van der Waals surface area contributed by atoms with E-state index in [9.17, 15) is 0 Å². The van der Waals surface area contributed by atoms with E-state index in [-0.39, 0.29) is 0 Å². The van der Waals surface area contributed by atoms with E-state index in [1.807, 2.05) is 0 Å². The molecule has 16 heavy (non-hydrogen) atoms. The molecule has 1 aromatic carbocycles. The lowest BCUT2D eigenvalue weighted by molar-refractivity contribution is 0.124. The van der Waals surface area contributed by atoms with Crippen LogP contribution in [0.25, 0.3) is 0 Å². The summed E-state index contributed by atoms with van der Waals surface area (Å²) in [7, 11) is 0. The fourth-order valence-electron chi connectivity index (χ4n) is 2.78. The molecule has 1 aliphatic heterocycles. The first-order valence-electron chi connectivity index (χ1n) is 6.49. The topological polar surface area (TPSA) is 12.0 Å². The average Bonchev–Trinajstić information content (AvgIpc) is 2.34. The SMILES string of the molecule is CCC1(C)CCNCC1Cc1ccccc1. The highest BCUT2D eigenvalue weighted by molar-refractivity contribution is 5.16. The van der Waals surface area contributed by atoms with Crippen LogP contribution in [0.4, 0.5) is 0 Å². The van der Waals surface area contributed by atoms with Crippen LogP contribution in [0.15, 0.2) is 30.3 Å². The van der Waals surface area contributed by atoms with Crippen molar-refractivity contribution < 1.29 is 0 Å². The Morgan fingerprint density at radius 2 is 2.06 bits per heavy atom. The van der Waals surface area contributed by atoms with Crippen molar-refractivity contribution >= 4 is 0 Å². The molecule has 2 rings (SSSR count). The van der Waals surface area contributed by atoms with Gasteiger partial charge in [0.1, 0.15) is 0 Å². The number of benzene rings is 1. The molecule has 1 N–H and O–H groups in total. The molecule has 1 nitrogen and oxygen atoms in total. The molecule has 0 aromatic heterocycles. The van der Waals surface area contributed by atoms with Crippen LogP contribution in [0.3, 0.4) is 0 Å². The molecular weight excluding hydrogens is 194 g/mol. The Labute approximate surface area is 99.3 Å². The maximum atomic E-state index is 3.54. The van der Waals surface area contributed by atoms with Crippen LogP contribution in [0, 0.1) is 11.3 Å². The van der Waals surface area contributed by atoms with Crippen molar-refractivity contribution in [3.63, 3.8) is 0 Å². The molecule has 1 aromatic rings. The Hall–Kier alpha value is -0.820. The van der Waals surface area contributed by atoms with Crippen LogP contribution < -0.4 is 5.32 Å². The second kappa shape index (κ2) is 5.01. The lowest BCUT2D eigenvalue weighted by atomic mass is 9.68. The van der Waals surface area contributed by atoms with E-state index >= 15 is 0 Å². The van der Waals surface area contributed by atoms with Gasteiger partial charge >= 0.3 is 0 Å². The Morgan fingerprint density at radius 1 is 1.31 bits per heavy atom. The maximum absolute atomic E-state index is 3.54. The summed E-state index contributed by atoms with van der Waals surface area (Å²) >= 11 is 0. The largest absolute Gasteiger partial charge is 0.316 e. The number of hydrogen-bond acceptors (Lipinski definition) is 1. The molecule has 0 bridgehead atoms. The number of nitrogens with one attached hydrogen (secondary N) is 1. The molecule has 0 aliphatic carbocycles. The lowest BCUT2D eigenvalue weighted by Gasteiger charge is -2.41. The summed E-state index contributed by atoms with van der Waals surface area (Å²) in [6.45, 7) is 7.17. The first-order chi connectivity index (χ1) is 7.74. The highest BCUT2D eigenvalue weighted by Crippen LogP contribution is 2.38. The Kier molecular flexibility index (Phi) is 3.65. The van der Waals surface area contributed by atoms with Crippen molar-refractivity contribution in [2.45, 2.75) is 33.1 Å². The summed E-state index contributed by atoms with van der Waals surface area (Å²) < 4.78 is 0. The summed E-state index contributed by atoms with van der Waals surface area (Å²) in [6, 6.07) is 10.9. The number of piperidine rings is 1. The summed E-state index contributed by atoms with van der Waals surface area (Å²) in [5.41, 5.74) is 2.01. The highest BCUT2D eigenvalue weighted by Gasteiger charge is 2.34. The summed E-state index contributed by atoms with van der Waals surface area (Å²) in [5.74, 6) is 0.786. The Morgan fingerprint density at radius 3 is 2.75 bits per heavy atom. The zero-order chi connectivity index (χ0) is 11.4. The average molecular weight is 217 g/mol. The van der Waals surface area contributed by atoms with E-state index in [0.29, 0.717) is 5.41 Å². The maximum Gasteiger partial charge on any atom is -0.00121 e. The third kappa shape index (κ3) is 2.46. The Bertz CT molecular complexity index is 319. The van der Waals surface area contributed by atoms with Crippen molar-refractivity contribution in [2.24, 2.45) is 11.3 Å². The van der Waals surface area contributed by atoms with Gasteiger partial charge in [-0.15, -0.1) is 0 Å². The summed E-state index contributed by atoms with van der Waals surface area (Å²) in [6.07, 6.45) is 3.84. The van der Waals surface area contributed by atoms with Crippen LogP contribution in [0.2, 0.25) is 0 Å². The predicted octanol–water partition coefficient (Wildman–Crippen LogP) is 3.25. The van der Waals surface area contributed by atoms with Gasteiger partial charge in [-0.25, -0.2) is 0 Å². The molecule has 88 valence electrons. The van der Waals surface area contributed by atoms with Crippen LogP contribution in [0.5, 0.6) is 0 Å².